The number of benzene rings is 3. The highest BCUT2D eigenvalue weighted by molar-refractivity contribution is 7.92. The summed E-state index contributed by atoms with van der Waals surface area (Å²) in [5, 5.41) is 3.29. The molecule has 0 aliphatic carbocycles. The third-order valence-electron chi connectivity index (χ3n) is 4.13. The molecule has 0 aliphatic rings. The van der Waals surface area contributed by atoms with Gasteiger partial charge in [-0.2, -0.15) is 0 Å². The van der Waals surface area contributed by atoms with E-state index in [2.05, 4.69) is 10.0 Å². The molecule has 0 fully saturated rings. The zero-order chi connectivity index (χ0) is 20.3. The van der Waals surface area contributed by atoms with Gasteiger partial charge in [0.1, 0.15) is 0 Å². The van der Waals surface area contributed by atoms with Gasteiger partial charge in [-0.15, -0.1) is 0 Å². The highest BCUT2D eigenvalue weighted by atomic mass is 35.5. The van der Waals surface area contributed by atoms with Gasteiger partial charge >= 0.3 is 0 Å². The summed E-state index contributed by atoms with van der Waals surface area (Å²) in [7, 11) is -3.75. The number of aryl methyl sites for hydroxylation is 2. The molecule has 3 rings (SSSR count). The average molecular weight is 415 g/mol. The Hall–Kier alpha value is -2.83. The first-order chi connectivity index (χ1) is 13.2. The number of anilines is 2. The summed E-state index contributed by atoms with van der Waals surface area (Å²) in [5.41, 5.74) is 3.22. The first-order valence-electron chi connectivity index (χ1n) is 8.52. The van der Waals surface area contributed by atoms with Gasteiger partial charge in [-0.3, -0.25) is 9.52 Å². The van der Waals surface area contributed by atoms with Crippen molar-refractivity contribution in [2.24, 2.45) is 0 Å². The third kappa shape index (κ3) is 4.71. The quantitative estimate of drug-likeness (QED) is 0.616. The highest BCUT2D eigenvalue weighted by Gasteiger charge is 2.16. The van der Waals surface area contributed by atoms with E-state index in [1.165, 1.54) is 24.3 Å². The van der Waals surface area contributed by atoms with Gasteiger partial charge in [0, 0.05) is 16.3 Å². The molecule has 2 N–H and O–H groups in total. The molecule has 144 valence electrons. The highest BCUT2D eigenvalue weighted by Crippen LogP contribution is 2.22. The molecule has 0 spiro atoms. The molecular formula is C21H19ClN2O3S. The number of amides is 1. The van der Waals surface area contributed by atoms with Crippen LogP contribution in [0.25, 0.3) is 0 Å². The van der Waals surface area contributed by atoms with Gasteiger partial charge in [-0.1, -0.05) is 23.7 Å². The van der Waals surface area contributed by atoms with Crippen molar-refractivity contribution >= 4 is 38.9 Å². The van der Waals surface area contributed by atoms with Gasteiger partial charge in [0.25, 0.3) is 15.9 Å². The number of nitrogens with one attached hydrogen (secondary N) is 2. The van der Waals surface area contributed by atoms with Gasteiger partial charge < -0.3 is 5.32 Å². The van der Waals surface area contributed by atoms with Crippen LogP contribution >= 0.6 is 11.6 Å². The van der Waals surface area contributed by atoms with E-state index < -0.39 is 10.0 Å². The number of rotatable bonds is 5. The Bertz CT molecular complexity index is 1130. The minimum atomic E-state index is -3.75. The van der Waals surface area contributed by atoms with Gasteiger partial charge in [0.15, 0.2) is 0 Å². The van der Waals surface area contributed by atoms with Crippen LogP contribution in [0.1, 0.15) is 21.5 Å². The summed E-state index contributed by atoms with van der Waals surface area (Å²) < 4.78 is 27.6. The van der Waals surface area contributed by atoms with Crippen LogP contribution in [0.3, 0.4) is 0 Å². The van der Waals surface area contributed by atoms with Crippen LogP contribution in [0.5, 0.6) is 0 Å². The molecule has 0 saturated carbocycles. The number of hydrogen-bond acceptors (Lipinski definition) is 3. The second-order valence-corrected chi connectivity index (χ2v) is 8.53. The fourth-order valence-corrected chi connectivity index (χ4v) is 3.92. The van der Waals surface area contributed by atoms with Crippen LogP contribution in [0.2, 0.25) is 5.02 Å². The van der Waals surface area contributed by atoms with E-state index in [0.29, 0.717) is 27.5 Å². The minimum absolute atomic E-state index is 0.109. The topological polar surface area (TPSA) is 75.3 Å². The number of halogens is 1. The smallest absolute Gasteiger partial charge is 0.261 e. The van der Waals surface area contributed by atoms with Crippen LogP contribution in [0, 0.1) is 13.8 Å². The molecule has 3 aromatic rings. The number of sulfonamides is 1. The maximum absolute atomic E-state index is 12.5. The van der Waals surface area contributed by atoms with Crippen molar-refractivity contribution in [3.8, 4) is 0 Å². The molecule has 0 bridgehead atoms. The fourth-order valence-electron chi connectivity index (χ4n) is 2.66. The van der Waals surface area contributed by atoms with E-state index in [1.54, 1.807) is 25.1 Å². The predicted molar refractivity (Wildman–Crippen MR) is 113 cm³/mol. The Kier molecular flexibility index (Phi) is 5.72. The number of carbonyl (C=O) groups is 1. The van der Waals surface area contributed by atoms with Crippen LogP contribution < -0.4 is 10.0 Å². The maximum atomic E-state index is 12.5. The number of carbonyl (C=O) groups excluding carboxylic acids is 1. The SMILES string of the molecule is Cc1cccc(NC(=O)c2ccc(NS(=O)(=O)c3ccc(Cl)cc3)c(C)c2)c1. The Labute approximate surface area is 169 Å². The Morgan fingerprint density at radius 1 is 0.929 bits per heavy atom. The van der Waals surface area contributed by atoms with Crippen LogP contribution in [0.15, 0.2) is 71.6 Å². The van der Waals surface area contributed by atoms with Gasteiger partial charge in [-0.25, -0.2) is 8.42 Å². The molecule has 3 aromatic carbocycles. The summed E-state index contributed by atoms with van der Waals surface area (Å²) in [4.78, 5) is 12.6. The van der Waals surface area contributed by atoms with Crippen molar-refractivity contribution in [2.45, 2.75) is 18.7 Å². The molecule has 0 saturated heterocycles. The van der Waals surface area contributed by atoms with Gasteiger partial charge in [0.05, 0.1) is 10.6 Å². The van der Waals surface area contributed by atoms with E-state index in [0.717, 1.165) is 5.56 Å². The summed E-state index contributed by atoms with van der Waals surface area (Å²) in [6.07, 6.45) is 0. The van der Waals surface area contributed by atoms with E-state index in [4.69, 9.17) is 11.6 Å². The first kappa shape index (κ1) is 19.9. The summed E-state index contributed by atoms with van der Waals surface area (Å²) in [6, 6.07) is 18.2. The Morgan fingerprint density at radius 2 is 1.64 bits per heavy atom. The second kappa shape index (κ2) is 8.04. The fraction of sp³-hybridized carbons (Fsp3) is 0.0952. The van der Waals surface area contributed by atoms with Crippen molar-refractivity contribution in [3.05, 3.63) is 88.4 Å². The normalized spacial score (nSPS) is 11.1. The lowest BCUT2D eigenvalue weighted by Crippen LogP contribution is -2.15. The molecule has 0 aromatic heterocycles. The van der Waals surface area contributed by atoms with Crippen molar-refractivity contribution < 1.29 is 13.2 Å². The van der Waals surface area contributed by atoms with Gasteiger partial charge in [-0.05, 0) is 79.6 Å². The second-order valence-electron chi connectivity index (χ2n) is 6.41. The molecule has 5 nitrogen and oxygen atoms in total. The van der Waals surface area contributed by atoms with E-state index in [1.807, 2.05) is 31.2 Å². The van der Waals surface area contributed by atoms with E-state index in [9.17, 15) is 13.2 Å². The molecular weight excluding hydrogens is 396 g/mol. The average Bonchev–Trinajstić information content (AvgIpc) is 2.63. The molecule has 7 heteroatoms. The maximum Gasteiger partial charge on any atom is 0.261 e. The largest absolute Gasteiger partial charge is 0.322 e. The predicted octanol–water partition coefficient (Wildman–Crippen LogP) is 5.01. The zero-order valence-corrected chi connectivity index (χ0v) is 16.9. The molecule has 0 radical (unpaired) electrons. The molecule has 0 aliphatic heterocycles. The van der Waals surface area contributed by atoms with Crippen LogP contribution in [-0.4, -0.2) is 14.3 Å². The summed E-state index contributed by atoms with van der Waals surface area (Å²) in [5.74, 6) is -0.263. The van der Waals surface area contributed by atoms with Crippen molar-refractivity contribution in [2.75, 3.05) is 10.0 Å². The van der Waals surface area contributed by atoms with Crippen LogP contribution in [-0.2, 0) is 10.0 Å². The summed E-state index contributed by atoms with van der Waals surface area (Å²) in [6.45, 7) is 3.69. The lowest BCUT2D eigenvalue weighted by atomic mass is 10.1. The molecule has 28 heavy (non-hydrogen) atoms. The monoisotopic (exact) mass is 414 g/mol. The van der Waals surface area contributed by atoms with Crippen molar-refractivity contribution in [1.82, 2.24) is 0 Å². The number of hydrogen-bond donors (Lipinski definition) is 2. The van der Waals surface area contributed by atoms with E-state index >= 15 is 0 Å². The first-order valence-corrected chi connectivity index (χ1v) is 10.4. The summed E-state index contributed by atoms with van der Waals surface area (Å²) >= 11 is 5.81. The Balaban J connectivity index is 1.78. The molecule has 1 amide bonds. The van der Waals surface area contributed by atoms with Gasteiger partial charge in [0.2, 0.25) is 0 Å². The Morgan fingerprint density at radius 3 is 2.29 bits per heavy atom. The lowest BCUT2D eigenvalue weighted by Gasteiger charge is -2.12. The zero-order valence-electron chi connectivity index (χ0n) is 15.4. The molecule has 0 unspecified atom stereocenters. The molecule has 0 atom stereocenters. The standard InChI is InChI=1S/C21H19ClN2O3S/c1-14-4-3-5-18(12-14)23-21(25)16-6-11-20(15(2)13-16)24-28(26,27)19-9-7-17(22)8-10-19/h3-13,24H,1-2H3,(H,23,25). The van der Waals surface area contributed by atoms with Crippen LogP contribution in [0.4, 0.5) is 11.4 Å². The minimum Gasteiger partial charge on any atom is -0.322 e. The van der Waals surface area contributed by atoms with Crippen molar-refractivity contribution in [1.29, 1.82) is 0 Å². The third-order valence-corrected chi connectivity index (χ3v) is 5.77. The van der Waals surface area contributed by atoms with E-state index in [-0.39, 0.29) is 10.8 Å². The lowest BCUT2D eigenvalue weighted by molar-refractivity contribution is 0.102. The molecule has 0 heterocycles. The van der Waals surface area contributed by atoms with Crippen molar-refractivity contribution in [3.63, 3.8) is 0 Å².